The van der Waals surface area contributed by atoms with Gasteiger partial charge in [0.05, 0.1) is 63.7 Å². The van der Waals surface area contributed by atoms with Crippen molar-refractivity contribution >= 4 is 17.9 Å². The number of unbranched alkanes of at least 4 members (excludes halogenated alkanes) is 15. The molecule has 9 N–H and O–H groups in total. The van der Waals surface area contributed by atoms with Crippen LogP contribution in [0.3, 0.4) is 0 Å². The lowest BCUT2D eigenvalue weighted by molar-refractivity contribution is -0.139. The Morgan fingerprint density at radius 2 is 0.617 bits per heavy atom. The summed E-state index contributed by atoms with van der Waals surface area (Å²) in [5, 5.41) is 79.0. The van der Waals surface area contributed by atoms with Gasteiger partial charge in [0, 0.05) is 19.3 Å². The standard InChI is InChI=1S/C18H36O2.C10H22O7.C6H10O4/c1-2-3-4-5-6-7-8-9-10-11-12-13-14-15-16-17-18(19)20;11-1-9(2-12,3-13)7-17-8-10(4-14,5-15)6-16;7-5(8)3-1-2-4-6(9)10/h2-17H2,1H3,(H,19,20);11-16H,1-8H2;1-4H2,(H,7,8)(H,9,10). The fourth-order valence-electron chi connectivity index (χ4n) is 4.26. The van der Waals surface area contributed by atoms with Crippen LogP contribution in [0.25, 0.3) is 0 Å². The highest BCUT2D eigenvalue weighted by Crippen LogP contribution is 2.20. The smallest absolute Gasteiger partial charge is 0.303 e. The fraction of sp³-hybridized carbons (Fsp3) is 0.912. The topological polar surface area (TPSA) is 243 Å². The van der Waals surface area contributed by atoms with E-state index >= 15 is 0 Å². The van der Waals surface area contributed by atoms with E-state index in [4.69, 9.17) is 50.7 Å². The SMILES string of the molecule is CCCCCCCCCCCCCCCCCC(=O)O.O=C(O)CCCCC(=O)O.OCC(CO)(CO)COCC(CO)(CO)CO. The summed E-state index contributed by atoms with van der Waals surface area (Å²) in [4.78, 5) is 30.1. The van der Waals surface area contributed by atoms with E-state index < -0.39 is 68.4 Å². The largest absolute Gasteiger partial charge is 0.481 e. The molecule has 0 amide bonds. The third-order valence-corrected chi connectivity index (χ3v) is 7.85. The molecule has 0 aliphatic heterocycles. The maximum atomic E-state index is 10.3. The Hall–Kier alpha value is -1.87. The zero-order valence-electron chi connectivity index (χ0n) is 29.0. The van der Waals surface area contributed by atoms with Crippen LogP contribution in [0.5, 0.6) is 0 Å². The van der Waals surface area contributed by atoms with Gasteiger partial charge < -0.3 is 50.7 Å². The molecule has 47 heavy (non-hydrogen) atoms. The number of aliphatic carboxylic acids is 3. The third kappa shape index (κ3) is 33.8. The third-order valence-electron chi connectivity index (χ3n) is 7.85. The molecule has 0 bridgehead atoms. The van der Waals surface area contributed by atoms with Gasteiger partial charge in [-0.15, -0.1) is 0 Å². The maximum absolute atomic E-state index is 10.3. The number of ether oxygens (including phenoxy) is 1. The number of hydrogen-bond acceptors (Lipinski definition) is 10. The van der Waals surface area contributed by atoms with Crippen molar-refractivity contribution < 1.29 is 65.1 Å². The number of aliphatic hydroxyl groups is 6. The maximum Gasteiger partial charge on any atom is 0.303 e. The van der Waals surface area contributed by atoms with Gasteiger partial charge >= 0.3 is 17.9 Å². The Morgan fingerprint density at radius 1 is 0.404 bits per heavy atom. The molecule has 13 heteroatoms. The van der Waals surface area contributed by atoms with Crippen LogP contribution in [-0.4, -0.2) is 117 Å². The molecule has 0 aliphatic rings. The van der Waals surface area contributed by atoms with E-state index in [1.165, 1.54) is 83.5 Å². The summed E-state index contributed by atoms with van der Waals surface area (Å²) in [5.74, 6) is -2.39. The highest BCUT2D eigenvalue weighted by atomic mass is 16.5. The lowest BCUT2D eigenvalue weighted by Crippen LogP contribution is -2.43. The Bertz CT molecular complexity index is 658. The minimum atomic E-state index is -1.16. The number of hydrogen-bond donors (Lipinski definition) is 9. The second-order valence-electron chi connectivity index (χ2n) is 12.5. The summed E-state index contributed by atoms with van der Waals surface area (Å²) >= 11 is 0. The summed E-state index contributed by atoms with van der Waals surface area (Å²) in [6.07, 6.45) is 21.2. The summed E-state index contributed by atoms with van der Waals surface area (Å²) < 4.78 is 5.15. The number of aliphatic hydroxyl groups excluding tert-OH is 6. The van der Waals surface area contributed by atoms with E-state index in [1.807, 2.05) is 0 Å². The average molecular weight is 685 g/mol. The lowest BCUT2D eigenvalue weighted by atomic mass is 9.91. The molecular formula is C34H68O13. The van der Waals surface area contributed by atoms with Gasteiger partial charge in [0.2, 0.25) is 0 Å². The van der Waals surface area contributed by atoms with Crippen LogP contribution in [0.4, 0.5) is 0 Å². The van der Waals surface area contributed by atoms with Gasteiger partial charge in [0.25, 0.3) is 0 Å². The van der Waals surface area contributed by atoms with Gasteiger partial charge in [-0.1, -0.05) is 96.8 Å². The zero-order valence-corrected chi connectivity index (χ0v) is 29.0. The van der Waals surface area contributed by atoms with E-state index in [2.05, 4.69) is 6.92 Å². The predicted octanol–water partition coefficient (Wildman–Crippen LogP) is 3.98. The first-order chi connectivity index (χ1) is 22.5. The van der Waals surface area contributed by atoms with Gasteiger partial charge in [0.1, 0.15) is 0 Å². The molecule has 0 spiro atoms. The van der Waals surface area contributed by atoms with Crippen molar-refractivity contribution in [3.05, 3.63) is 0 Å². The van der Waals surface area contributed by atoms with Crippen molar-refractivity contribution in [2.24, 2.45) is 10.8 Å². The minimum absolute atomic E-state index is 0.0628. The summed E-state index contributed by atoms with van der Waals surface area (Å²) in [6, 6.07) is 0. The Morgan fingerprint density at radius 3 is 0.830 bits per heavy atom. The molecule has 13 nitrogen and oxygen atoms in total. The summed E-state index contributed by atoms with van der Waals surface area (Å²) in [5.41, 5.74) is -2.32. The lowest BCUT2D eigenvalue weighted by Gasteiger charge is -2.31. The van der Waals surface area contributed by atoms with Gasteiger partial charge in [-0.25, -0.2) is 0 Å². The molecule has 0 fully saturated rings. The first-order valence-electron chi connectivity index (χ1n) is 17.4. The van der Waals surface area contributed by atoms with Crippen LogP contribution in [-0.2, 0) is 19.1 Å². The van der Waals surface area contributed by atoms with Crippen LogP contribution in [0.15, 0.2) is 0 Å². The molecular weight excluding hydrogens is 616 g/mol. The first kappa shape index (κ1) is 49.5. The molecule has 0 saturated carbocycles. The Balaban J connectivity index is -0.000000651. The second-order valence-corrected chi connectivity index (χ2v) is 12.5. The predicted molar refractivity (Wildman–Crippen MR) is 179 cm³/mol. The minimum Gasteiger partial charge on any atom is -0.481 e. The van der Waals surface area contributed by atoms with E-state index in [0.717, 1.165) is 12.8 Å². The van der Waals surface area contributed by atoms with Crippen molar-refractivity contribution in [2.75, 3.05) is 52.9 Å². The Kier molecular flexibility index (Phi) is 37.3. The highest BCUT2D eigenvalue weighted by Gasteiger charge is 2.32. The van der Waals surface area contributed by atoms with Gasteiger partial charge in [-0.05, 0) is 19.3 Å². The van der Waals surface area contributed by atoms with Crippen molar-refractivity contribution in [2.45, 2.75) is 135 Å². The normalized spacial score (nSPS) is 11.3. The molecule has 282 valence electrons. The van der Waals surface area contributed by atoms with Crippen LogP contribution < -0.4 is 0 Å². The first-order valence-corrected chi connectivity index (χ1v) is 17.4. The Labute approximate surface area is 282 Å². The molecule has 0 aromatic carbocycles. The number of carbonyl (C=O) groups is 3. The van der Waals surface area contributed by atoms with Crippen LogP contribution in [0.2, 0.25) is 0 Å². The summed E-state index contributed by atoms with van der Waals surface area (Å²) in [6.45, 7) is -0.735. The van der Waals surface area contributed by atoms with Crippen molar-refractivity contribution in [3.63, 3.8) is 0 Å². The molecule has 0 atom stereocenters. The molecule has 0 heterocycles. The number of carboxylic acids is 3. The van der Waals surface area contributed by atoms with Gasteiger partial charge in [0.15, 0.2) is 0 Å². The monoisotopic (exact) mass is 684 g/mol. The van der Waals surface area contributed by atoms with Gasteiger partial charge in [-0.2, -0.15) is 0 Å². The number of carboxylic acid groups (broad SMARTS) is 3. The van der Waals surface area contributed by atoms with Crippen LogP contribution in [0.1, 0.15) is 135 Å². The van der Waals surface area contributed by atoms with E-state index in [1.54, 1.807) is 0 Å². The van der Waals surface area contributed by atoms with Crippen LogP contribution in [0, 0.1) is 10.8 Å². The quantitative estimate of drug-likeness (QED) is 0.0470. The molecule has 0 radical (unpaired) electrons. The van der Waals surface area contributed by atoms with E-state index in [9.17, 15) is 14.4 Å². The molecule has 0 rings (SSSR count). The fourth-order valence-corrected chi connectivity index (χ4v) is 4.26. The number of rotatable bonds is 31. The van der Waals surface area contributed by atoms with E-state index in [-0.39, 0.29) is 26.1 Å². The van der Waals surface area contributed by atoms with Crippen LogP contribution >= 0.6 is 0 Å². The molecule has 0 aromatic heterocycles. The molecule has 0 aromatic rings. The highest BCUT2D eigenvalue weighted by molar-refractivity contribution is 5.68. The average Bonchev–Trinajstić information content (AvgIpc) is 3.06. The molecule has 0 unspecified atom stereocenters. The van der Waals surface area contributed by atoms with Crippen molar-refractivity contribution in [1.82, 2.24) is 0 Å². The molecule has 0 aliphatic carbocycles. The van der Waals surface area contributed by atoms with E-state index in [0.29, 0.717) is 19.3 Å². The van der Waals surface area contributed by atoms with Crippen molar-refractivity contribution in [1.29, 1.82) is 0 Å². The second kappa shape index (κ2) is 35.4. The van der Waals surface area contributed by atoms with Gasteiger partial charge in [-0.3, -0.25) is 14.4 Å². The van der Waals surface area contributed by atoms with Crippen molar-refractivity contribution in [3.8, 4) is 0 Å². The summed E-state index contributed by atoms with van der Waals surface area (Å²) in [7, 11) is 0. The molecule has 0 saturated heterocycles. The zero-order chi connectivity index (χ0) is 36.2.